The van der Waals surface area contributed by atoms with E-state index in [1.54, 1.807) is 22.7 Å². The molecule has 3 heterocycles. The predicted octanol–water partition coefficient (Wildman–Crippen LogP) is 3.86. The molecule has 0 unspecified atom stereocenters. The van der Waals surface area contributed by atoms with Gasteiger partial charge in [-0.3, -0.25) is 5.01 Å². The van der Waals surface area contributed by atoms with Crippen molar-refractivity contribution in [3.8, 4) is 11.1 Å². The molecule has 1 aliphatic heterocycles. The van der Waals surface area contributed by atoms with Crippen LogP contribution in [-0.2, 0) is 0 Å². The monoisotopic (exact) mass is 382 g/mol. The number of halogens is 3. The van der Waals surface area contributed by atoms with E-state index in [-0.39, 0.29) is 5.15 Å². The Morgan fingerprint density at radius 2 is 1.83 bits per heavy atom. The van der Waals surface area contributed by atoms with Gasteiger partial charge < -0.3 is 0 Å². The topological polar surface area (TPSA) is 58.4 Å². The Morgan fingerprint density at radius 3 is 2.54 bits per heavy atom. The second kappa shape index (κ2) is 6.37. The van der Waals surface area contributed by atoms with Crippen LogP contribution in [-0.4, -0.2) is 32.7 Å². The van der Waals surface area contributed by atoms with Crippen LogP contribution >= 0.6 is 34.8 Å². The Balaban J connectivity index is 2.05. The van der Waals surface area contributed by atoms with Crippen LogP contribution in [0.4, 0.5) is 5.82 Å². The first-order valence-electron chi connectivity index (χ1n) is 7.51. The lowest BCUT2D eigenvalue weighted by molar-refractivity contribution is 0.503. The molecule has 3 aromatic rings. The number of hydrogen-bond donors (Lipinski definition) is 1. The highest BCUT2D eigenvalue weighted by Crippen LogP contribution is 2.43. The Labute approximate surface area is 153 Å². The zero-order valence-electron chi connectivity index (χ0n) is 12.5. The number of aromatic nitrogens is 4. The van der Waals surface area contributed by atoms with Crippen molar-refractivity contribution < 1.29 is 0 Å². The second-order valence-corrected chi connectivity index (χ2v) is 6.61. The van der Waals surface area contributed by atoms with Crippen LogP contribution in [0.1, 0.15) is 12.8 Å². The third kappa shape index (κ3) is 2.59. The summed E-state index contributed by atoms with van der Waals surface area (Å²) in [6.07, 6.45) is 3.61. The molecule has 2 aromatic heterocycles. The van der Waals surface area contributed by atoms with E-state index in [0.717, 1.165) is 31.7 Å². The summed E-state index contributed by atoms with van der Waals surface area (Å²) in [5, 5.41) is 7.60. The molecule has 124 valence electrons. The van der Waals surface area contributed by atoms with E-state index < -0.39 is 0 Å². The minimum atomic E-state index is 0.285. The fourth-order valence-corrected chi connectivity index (χ4v) is 3.71. The standard InChI is InChI=1S/C15H13Cl3N6/c16-9-4-3-5-10(17)11(9)12-13(18)22-15-19-8-21-24(15)14(12)23-7-2-1-6-20-23/h3-5,8,20H,1-2,6-7H2. The minimum Gasteiger partial charge on any atom is -0.291 e. The van der Waals surface area contributed by atoms with Gasteiger partial charge in [0.05, 0.1) is 15.6 Å². The summed E-state index contributed by atoms with van der Waals surface area (Å²) in [5.41, 5.74) is 4.64. The number of fused-ring (bicyclic) bond motifs is 1. The molecule has 24 heavy (non-hydrogen) atoms. The number of hydrogen-bond acceptors (Lipinski definition) is 5. The second-order valence-electron chi connectivity index (χ2n) is 5.44. The summed E-state index contributed by atoms with van der Waals surface area (Å²) in [4.78, 5) is 8.48. The van der Waals surface area contributed by atoms with Gasteiger partial charge >= 0.3 is 0 Å². The summed E-state index contributed by atoms with van der Waals surface area (Å²) in [7, 11) is 0. The molecule has 6 nitrogen and oxygen atoms in total. The van der Waals surface area contributed by atoms with Crippen molar-refractivity contribution in [2.45, 2.75) is 12.8 Å². The quantitative estimate of drug-likeness (QED) is 0.681. The lowest BCUT2D eigenvalue weighted by Gasteiger charge is -2.31. The highest BCUT2D eigenvalue weighted by molar-refractivity contribution is 6.41. The fraction of sp³-hybridized carbons (Fsp3) is 0.267. The predicted molar refractivity (Wildman–Crippen MR) is 95.8 cm³/mol. The lowest BCUT2D eigenvalue weighted by atomic mass is 10.1. The zero-order chi connectivity index (χ0) is 16.7. The van der Waals surface area contributed by atoms with Gasteiger partial charge in [-0.25, -0.2) is 5.43 Å². The van der Waals surface area contributed by atoms with Gasteiger partial charge in [-0.05, 0) is 25.0 Å². The van der Waals surface area contributed by atoms with E-state index in [4.69, 9.17) is 34.8 Å². The number of hydrazine groups is 1. The lowest BCUT2D eigenvalue weighted by Crippen LogP contribution is -2.44. The molecular weight excluding hydrogens is 371 g/mol. The summed E-state index contributed by atoms with van der Waals surface area (Å²) in [6, 6.07) is 5.35. The van der Waals surface area contributed by atoms with Crippen LogP contribution in [0.3, 0.4) is 0 Å². The van der Waals surface area contributed by atoms with Crippen molar-refractivity contribution in [2.75, 3.05) is 18.1 Å². The molecule has 0 amide bonds. The van der Waals surface area contributed by atoms with E-state index in [1.165, 1.54) is 6.33 Å². The largest absolute Gasteiger partial charge is 0.291 e. The van der Waals surface area contributed by atoms with Gasteiger partial charge in [0.1, 0.15) is 11.5 Å². The van der Waals surface area contributed by atoms with Crippen molar-refractivity contribution >= 4 is 46.4 Å². The molecular formula is C15H13Cl3N6. The van der Waals surface area contributed by atoms with Crippen molar-refractivity contribution in [2.24, 2.45) is 0 Å². The van der Waals surface area contributed by atoms with Crippen LogP contribution in [0.5, 0.6) is 0 Å². The van der Waals surface area contributed by atoms with Gasteiger partial charge in [0.2, 0.25) is 0 Å². The summed E-state index contributed by atoms with van der Waals surface area (Å²) >= 11 is 19.3. The number of nitrogens with one attached hydrogen (secondary N) is 1. The normalized spacial score (nSPS) is 15.2. The van der Waals surface area contributed by atoms with E-state index in [9.17, 15) is 0 Å². The first-order valence-corrected chi connectivity index (χ1v) is 8.65. The molecule has 0 aliphatic carbocycles. The molecule has 0 atom stereocenters. The Morgan fingerprint density at radius 1 is 1.04 bits per heavy atom. The number of nitrogens with zero attached hydrogens (tertiary/aromatic N) is 5. The molecule has 0 saturated carbocycles. The molecule has 1 saturated heterocycles. The number of benzene rings is 1. The van der Waals surface area contributed by atoms with Crippen LogP contribution in [0.2, 0.25) is 15.2 Å². The molecule has 9 heteroatoms. The van der Waals surface area contributed by atoms with Gasteiger partial charge in [-0.15, -0.1) is 0 Å². The van der Waals surface area contributed by atoms with Crippen molar-refractivity contribution in [1.29, 1.82) is 0 Å². The molecule has 0 radical (unpaired) electrons. The molecule has 1 fully saturated rings. The summed E-state index contributed by atoms with van der Waals surface area (Å²) < 4.78 is 1.65. The average molecular weight is 384 g/mol. The summed E-state index contributed by atoms with van der Waals surface area (Å²) in [5.74, 6) is 1.16. The highest BCUT2D eigenvalue weighted by Gasteiger charge is 2.26. The Hall–Kier alpha value is -1.60. The molecule has 4 rings (SSSR count). The number of anilines is 1. The third-order valence-corrected chi connectivity index (χ3v) is 4.84. The van der Waals surface area contributed by atoms with Crippen LogP contribution in [0.25, 0.3) is 16.9 Å². The highest BCUT2D eigenvalue weighted by atomic mass is 35.5. The van der Waals surface area contributed by atoms with Gasteiger partial charge in [-0.2, -0.15) is 19.6 Å². The number of rotatable bonds is 2. The minimum absolute atomic E-state index is 0.285. The Kier molecular flexibility index (Phi) is 4.22. The van der Waals surface area contributed by atoms with Gasteiger partial charge in [0.15, 0.2) is 5.82 Å². The van der Waals surface area contributed by atoms with E-state index in [1.807, 2.05) is 5.01 Å². The molecule has 1 N–H and O–H groups in total. The van der Waals surface area contributed by atoms with E-state index >= 15 is 0 Å². The van der Waals surface area contributed by atoms with Crippen molar-refractivity contribution in [3.05, 3.63) is 39.7 Å². The van der Waals surface area contributed by atoms with Crippen molar-refractivity contribution in [1.82, 2.24) is 25.0 Å². The van der Waals surface area contributed by atoms with Crippen LogP contribution in [0, 0.1) is 0 Å². The van der Waals surface area contributed by atoms with E-state index in [2.05, 4.69) is 20.5 Å². The fourth-order valence-electron chi connectivity index (χ4n) is 2.87. The maximum absolute atomic E-state index is 6.50. The summed E-state index contributed by atoms with van der Waals surface area (Å²) in [6.45, 7) is 1.68. The molecule has 0 spiro atoms. The van der Waals surface area contributed by atoms with Crippen molar-refractivity contribution in [3.63, 3.8) is 0 Å². The Bertz CT molecular complexity index is 883. The van der Waals surface area contributed by atoms with Gasteiger partial charge in [-0.1, -0.05) is 40.9 Å². The third-order valence-electron chi connectivity index (χ3n) is 3.94. The van der Waals surface area contributed by atoms with Gasteiger partial charge in [0.25, 0.3) is 5.78 Å². The van der Waals surface area contributed by atoms with Gasteiger partial charge in [0, 0.05) is 18.7 Å². The van der Waals surface area contributed by atoms with E-state index in [0.29, 0.717) is 26.9 Å². The van der Waals surface area contributed by atoms with Crippen LogP contribution < -0.4 is 10.4 Å². The molecule has 1 aliphatic rings. The first kappa shape index (κ1) is 15.9. The van der Waals surface area contributed by atoms with Crippen LogP contribution in [0.15, 0.2) is 24.5 Å². The average Bonchev–Trinajstić information content (AvgIpc) is 3.03. The zero-order valence-corrected chi connectivity index (χ0v) is 14.8. The maximum Gasteiger partial charge on any atom is 0.255 e. The molecule has 0 bridgehead atoms. The maximum atomic E-state index is 6.50. The first-order chi connectivity index (χ1) is 11.7. The molecule has 1 aromatic carbocycles. The SMILES string of the molecule is Clc1cccc(Cl)c1-c1c(Cl)nc2ncnn2c1N1CCCCN1. The smallest absolute Gasteiger partial charge is 0.255 e.